The summed E-state index contributed by atoms with van der Waals surface area (Å²) in [6, 6.07) is 17.7. The third kappa shape index (κ3) is 6.72. The lowest BCUT2D eigenvalue weighted by Gasteiger charge is -2.26. The first-order valence-corrected chi connectivity index (χ1v) is 14.1. The maximum Gasteiger partial charge on any atom is 0.573 e. The summed E-state index contributed by atoms with van der Waals surface area (Å²) in [6.45, 7) is 7.51. The van der Waals surface area contributed by atoms with Gasteiger partial charge in [0, 0.05) is 5.56 Å². The number of para-hydroxylation sites is 1. The van der Waals surface area contributed by atoms with E-state index < -0.39 is 17.9 Å². The molecule has 222 valence electrons. The number of halogens is 3. The molecule has 1 fully saturated rings. The van der Waals surface area contributed by atoms with Gasteiger partial charge in [0.1, 0.15) is 12.1 Å². The molecule has 13 heteroatoms. The highest BCUT2D eigenvalue weighted by molar-refractivity contribution is 8.15. The largest absolute Gasteiger partial charge is 0.573 e. The summed E-state index contributed by atoms with van der Waals surface area (Å²) in [5.41, 5.74) is 3.77. The van der Waals surface area contributed by atoms with Crippen LogP contribution in [-0.2, 0) is 10.3 Å². The van der Waals surface area contributed by atoms with Crippen LogP contribution in [0.25, 0.3) is 17.1 Å². The first-order chi connectivity index (χ1) is 20.3. The van der Waals surface area contributed by atoms with Crippen LogP contribution < -0.4 is 15.0 Å². The molecule has 0 unspecified atom stereocenters. The summed E-state index contributed by atoms with van der Waals surface area (Å²) >= 11 is 1.22. The Morgan fingerprint density at radius 3 is 2.28 bits per heavy atom. The minimum atomic E-state index is -4.77. The lowest BCUT2D eigenvalue weighted by molar-refractivity contribution is -0.274. The molecule has 0 saturated carbocycles. The fourth-order valence-corrected chi connectivity index (χ4v) is 5.48. The molecule has 9 nitrogen and oxygen atoms in total. The van der Waals surface area contributed by atoms with Crippen molar-refractivity contribution in [3.8, 4) is 22.8 Å². The van der Waals surface area contributed by atoms with E-state index in [0.29, 0.717) is 22.2 Å². The molecule has 5 rings (SSSR count). The summed E-state index contributed by atoms with van der Waals surface area (Å²) < 4.78 is 42.6. The maximum atomic E-state index is 13.0. The van der Waals surface area contributed by atoms with E-state index in [-0.39, 0.29) is 17.4 Å². The Labute approximate surface area is 249 Å². The molecule has 1 aromatic heterocycles. The van der Waals surface area contributed by atoms with Crippen molar-refractivity contribution in [3.63, 3.8) is 0 Å². The number of ether oxygens (including phenoxy) is 1. The monoisotopic (exact) mass is 608 g/mol. The minimum Gasteiger partial charge on any atom is -0.406 e. The van der Waals surface area contributed by atoms with Gasteiger partial charge < -0.3 is 10.1 Å². The Kier molecular flexibility index (Phi) is 8.02. The lowest BCUT2D eigenvalue weighted by atomic mass is 9.93. The standard InChI is InChI=1S/C30H27F3N6O3S/c1-18-6-5-7-19(2)25(18)39-24(40)16-43-28(39)35-27(41)36-29(3,4)21-10-8-20(9-11-21)26-34-17-38(37-26)22-12-14-23(15-13-22)42-30(31,32)33/h5-15,17H,16H2,1-4H3,(H,36,41)/b35-28-. The smallest absolute Gasteiger partial charge is 0.406 e. The van der Waals surface area contributed by atoms with Crippen LogP contribution in [0.5, 0.6) is 5.75 Å². The van der Waals surface area contributed by atoms with Gasteiger partial charge in [0.05, 0.1) is 22.7 Å². The number of nitrogens with one attached hydrogen (secondary N) is 1. The Bertz CT molecular complexity index is 1680. The van der Waals surface area contributed by atoms with Gasteiger partial charge in [0.15, 0.2) is 11.0 Å². The number of amidine groups is 1. The van der Waals surface area contributed by atoms with E-state index >= 15 is 0 Å². The average molecular weight is 609 g/mol. The number of aliphatic imine (C=N–C) groups is 1. The van der Waals surface area contributed by atoms with Crippen molar-refractivity contribution in [1.82, 2.24) is 20.1 Å². The molecule has 2 heterocycles. The Balaban J connectivity index is 1.28. The van der Waals surface area contributed by atoms with Crippen molar-refractivity contribution in [2.75, 3.05) is 10.7 Å². The number of carbonyl (C=O) groups excluding carboxylic acids is 2. The Hall–Kier alpha value is -4.65. The molecular formula is C30H27F3N6O3S. The fraction of sp³-hybridized carbons (Fsp3) is 0.233. The summed E-state index contributed by atoms with van der Waals surface area (Å²) in [5, 5.41) is 7.68. The first kappa shape index (κ1) is 29.8. The molecule has 0 radical (unpaired) electrons. The Morgan fingerprint density at radius 1 is 1.00 bits per heavy atom. The highest BCUT2D eigenvalue weighted by Crippen LogP contribution is 2.32. The molecule has 3 amide bonds. The van der Waals surface area contributed by atoms with Crippen LogP contribution in [0, 0.1) is 13.8 Å². The number of anilines is 1. The van der Waals surface area contributed by atoms with Gasteiger partial charge in [-0.15, -0.1) is 18.3 Å². The molecule has 43 heavy (non-hydrogen) atoms. The van der Waals surface area contributed by atoms with Crippen molar-refractivity contribution < 1.29 is 27.5 Å². The second-order valence-corrected chi connectivity index (χ2v) is 11.3. The summed E-state index contributed by atoms with van der Waals surface area (Å²) in [6.07, 6.45) is -3.31. The zero-order valence-electron chi connectivity index (χ0n) is 23.6. The zero-order valence-corrected chi connectivity index (χ0v) is 24.5. The van der Waals surface area contributed by atoms with E-state index in [9.17, 15) is 22.8 Å². The van der Waals surface area contributed by atoms with Gasteiger partial charge in [-0.05, 0) is 68.7 Å². The van der Waals surface area contributed by atoms with E-state index in [4.69, 9.17) is 0 Å². The quantitative estimate of drug-likeness (QED) is 0.267. The number of thioether (sulfide) groups is 1. The number of carbonyl (C=O) groups is 2. The SMILES string of the molecule is Cc1cccc(C)c1N1C(=O)CS/C1=N\C(=O)NC(C)(C)c1ccc(-c2ncn(-c3ccc(OC(F)(F)F)cc3)n2)cc1. The van der Waals surface area contributed by atoms with E-state index in [2.05, 4.69) is 25.1 Å². The summed E-state index contributed by atoms with van der Waals surface area (Å²) in [7, 11) is 0. The van der Waals surface area contributed by atoms with Crippen molar-refractivity contribution in [2.24, 2.45) is 4.99 Å². The number of aromatic nitrogens is 3. The van der Waals surface area contributed by atoms with Crippen molar-refractivity contribution in [2.45, 2.75) is 39.6 Å². The summed E-state index contributed by atoms with van der Waals surface area (Å²) in [5.74, 6) is 0.145. The van der Waals surface area contributed by atoms with Gasteiger partial charge in [-0.25, -0.2) is 14.5 Å². The molecule has 1 N–H and O–H groups in total. The van der Waals surface area contributed by atoms with E-state index in [1.54, 1.807) is 0 Å². The number of urea groups is 1. The molecule has 3 aromatic carbocycles. The average Bonchev–Trinajstić information content (AvgIpc) is 3.56. The zero-order chi connectivity index (χ0) is 30.9. The molecular weight excluding hydrogens is 581 g/mol. The number of hydrogen-bond donors (Lipinski definition) is 1. The molecule has 0 aliphatic carbocycles. The molecule has 0 bridgehead atoms. The number of nitrogens with zero attached hydrogens (tertiary/aromatic N) is 5. The van der Waals surface area contributed by atoms with Gasteiger partial charge in [-0.2, -0.15) is 4.99 Å². The Morgan fingerprint density at radius 2 is 1.65 bits per heavy atom. The topological polar surface area (TPSA) is 102 Å². The van der Waals surface area contributed by atoms with Crippen LogP contribution in [0.4, 0.5) is 23.7 Å². The van der Waals surface area contributed by atoms with Crippen molar-refractivity contribution in [1.29, 1.82) is 0 Å². The number of hydrogen-bond acceptors (Lipinski definition) is 6. The van der Waals surface area contributed by atoms with Crippen LogP contribution in [0.1, 0.15) is 30.5 Å². The normalized spacial score (nSPS) is 14.8. The van der Waals surface area contributed by atoms with Crippen LogP contribution in [0.15, 0.2) is 78.0 Å². The second-order valence-electron chi connectivity index (χ2n) is 10.3. The van der Waals surface area contributed by atoms with E-state index in [1.807, 2.05) is 70.2 Å². The molecule has 4 aromatic rings. The third-order valence-electron chi connectivity index (χ3n) is 6.74. The number of alkyl halides is 3. The van der Waals surface area contributed by atoms with E-state index in [0.717, 1.165) is 22.4 Å². The van der Waals surface area contributed by atoms with Crippen LogP contribution >= 0.6 is 11.8 Å². The van der Waals surface area contributed by atoms with Crippen LogP contribution in [0.3, 0.4) is 0 Å². The highest BCUT2D eigenvalue weighted by Gasteiger charge is 2.33. The van der Waals surface area contributed by atoms with Gasteiger partial charge in [-0.3, -0.25) is 9.69 Å². The van der Waals surface area contributed by atoms with Gasteiger partial charge in [-0.1, -0.05) is 54.2 Å². The fourth-order valence-electron chi connectivity index (χ4n) is 4.63. The lowest BCUT2D eigenvalue weighted by Crippen LogP contribution is -2.40. The molecule has 0 atom stereocenters. The second kappa shape index (κ2) is 11.6. The number of amides is 3. The summed E-state index contributed by atoms with van der Waals surface area (Å²) in [4.78, 5) is 35.8. The highest BCUT2D eigenvalue weighted by atomic mass is 32.2. The number of aryl methyl sites for hydroxylation is 2. The first-order valence-electron chi connectivity index (χ1n) is 13.1. The van der Waals surface area contributed by atoms with Gasteiger partial charge in [0.2, 0.25) is 5.91 Å². The third-order valence-corrected chi connectivity index (χ3v) is 7.66. The van der Waals surface area contributed by atoms with Crippen molar-refractivity contribution in [3.05, 3.63) is 89.7 Å². The number of benzene rings is 3. The van der Waals surface area contributed by atoms with Gasteiger partial charge >= 0.3 is 12.4 Å². The van der Waals surface area contributed by atoms with Crippen LogP contribution in [-0.4, -0.2) is 44.0 Å². The molecule has 1 aliphatic heterocycles. The van der Waals surface area contributed by atoms with Gasteiger partial charge in [0.25, 0.3) is 0 Å². The molecule has 1 saturated heterocycles. The molecule has 0 spiro atoms. The van der Waals surface area contributed by atoms with Crippen molar-refractivity contribution >= 4 is 34.6 Å². The minimum absolute atomic E-state index is 0.132. The number of rotatable bonds is 6. The predicted molar refractivity (Wildman–Crippen MR) is 158 cm³/mol. The maximum absolute atomic E-state index is 13.0. The molecule has 1 aliphatic rings. The van der Waals surface area contributed by atoms with E-state index in [1.165, 1.54) is 51.9 Å². The predicted octanol–water partition coefficient (Wildman–Crippen LogP) is 6.53. The van der Waals surface area contributed by atoms with Crippen LogP contribution in [0.2, 0.25) is 0 Å².